The fourth-order valence-corrected chi connectivity index (χ4v) is 3.79. The first-order chi connectivity index (χ1) is 11.0. The van der Waals surface area contributed by atoms with Crippen molar-refractivity contribution in [2.45, 2.75) is 25.0 Å². The molecule has 1 aliphatic heterocycles. The van der Waals surface area contributed by atoms with Crippen molar-refractivity contribution in [2.24, 2.45) is 7.05 Å². The predicted octanol–water partition coefficient (Wildman–Crippen LogP) is 2.72. The second-order valence-corrected chi connectivity index (χ2v) is 7.22. The Morgan fingerprint density at radius 1 is 1.17 bits per heavy atom. The lowest BCUT2D eigenvalue weighted by molar-refractivity contribution is -0.0712. The van der Waals surface area contributed by atoms with E-state index >= 15 is 0 Å². The standard InChI is InChI=1S/C19H29N3O/c1-20(2)15-19(23-4)8-11-22(12-9-19)14-16-5-6-17-7-10-21(3)18(17)13-16/h5-7,10,13H,8-9,11-12,14-15H2,1-4H3. The van der Waals surface area contributed by atoms with Crippen LogP contribution in [0.5, 0.6) is 0 Å². The molecule has 4 nitrogen and oxygen atoms in total. The van der Waals surface area contributed by atoms with Gasteiger partial charge < -0.3 is 14.2 Å². The number of aromatic nitrogens is 1. The molecule has 1 fully saturated rings. The minimum atomic E-state index is 0.0298. The van der Waals surface area contributed by atoms with Gasteiger partial charge in [0.25, 0.3) is 0 Å². The Morgan fingerprint density at radius 3 is 2.57 bits per heavy atom. The molecule has 2 heterocycles. The van der Waals surface area contributed by atoms with Crippen molar-refractivity contribution in [3.8, 4) is 0 Å². The monoisotopic (exact) mass is 315 g/mol. The van der Waals surface area contributed by atoms with Crippen molar-refractivity contribution in [1.29, 1.82) is 0 Å². The molecule has 0 atom stereocenters. The van der Waals surface area contributed by atoms with E-state index in [9.17, 15) is 0 Å². The number of fused-ring (bicyclic) bond motifs is 1. The summed E-state index contributed by atoms with van der Waals surface area (Å²) in [5.74, 6) is 0. The molecule has 23 heavy (non-hydrogen) atoms. The van der Waals surface area contributed by atoms with Crippen LogP contribution in [0.15, 0.2) is 30.5 Å². The fraction of sp³-hybridized carbons (Fsp3) is 0.579. The topological polar surface area (TPSA) is 20.6 Å². The number of ether oxygens (including phenoxy) is 1. The minimum absolute atomic E-state index is 0.0298. The number of aryl methyl sites for hydroxylation is 1. The summed E-state index contributed by atoms with van der Waals surface area (Å²) in [6.45, 7) is 4.25. The van der Waals surface area contributed by atoms with Crippen LogP contribution in [-0.4, -0.2) is 60.8 Å². The molecule has 0 saturated carbocycles. The van der Waals surface area contributed by atoms with E-state index in [0.29, 0.717) is 0 Å². The number of methoxy groups -OCH3 is 1. The molecule has 1 aliphatic rings. The van der Waals surface area contributed by atoms with E-state index in [1.54, 1.807) is 0 Å². The average Bonchev–Trinajstić information content (AvgIpc) is 2.90. The third-order valence-corrected chi connectivity index (χ3v) is 5.16. The van der Waals surface area contributed by atoms with Crippen LogP contribution < -0.4 is 0 Å². The maximum absolute atomic E-state index is 5.88. The van der Waals surface area contributed by atoms with Crippen LogP contribution in [0.2, 0.25) is 0 Å². The Bertz CT molecular complexity index is 654. The summed E-state index contributed by atoms with van der Waals surface area (Å²) in [6, 6.07) is 9.00. The quantitative estimate of drug-likeness (QED) is 0.846. The Hall–Kier alpha value is -1.36. The number of benzene rings is 1. The van der Waals surface area contributed by atoms with E-state index in [1.165, 1.54) is 16.5 Å². The molecule has 0 radical (unpaired) electrons. The summed E-state index contributed by atoms with van der Waals surface area (Å²) < 4.78 is 8.08. The van der Waals surface area contributed by atoms with Gasteiger partial charge >= 0.3 is 0 Å². The molecular weight excluding hydrogens is 286 g/mol. The van der Waals surface area contributed by atoms with Crippen molar-refractivity contribution in [1.82, 2.24) is 14.4 Å². The molecule has 1 aromatic carbocycles. The van der Waals surface area contributed by atoms with E-state index in [4.69, 9.17) is 4.74 Å². The number of piperidine rings is 1. The normalized spacial score (nSPS) is 18.8. The summed E-state index contributed by atoms with van der Waals surface area (Å²) in [5, 5.41) is 1.32. The molecule has 4 heteroatoms. The second kappa shape index (κ2) is 6.63. The van der Waals surface area contributed by atoms with E-state index < -0.39 is 0 Å². The first-order valence-corrected chi connectivity index (χ1v) is 8.47. The van der Waals surface area contributed by atoms with Gasteiger partial charge in [-0.1, -0.05) is 12.1 Å². The van der Waals surface area contributed by atoms with Crippen molar-refractivity contribution in [2.75, 3.05) is 40.8 Å². The lowest BCUT2D eigenvalue weighted by Gasteiger charge is -2.42. The van der Waals surface area contributed by atoms with Crippen LogP contribution >= 0.6 is 0 Å². The largest absolute Gasteiger partial charge is 0.377 e. The highest BCUT2D eigenvalue weighted by molar-refractivity contribution is 5.80. The SMILES string of the molecule is COC1(CN(C)C)CCN(Cc2ccc3ccn(C)c3c2)CC1. The van der Waals surface area contributed by atoms with Crippen molar-refractivity contribution in [3.05, 3.63) is 36.0 Å². The molecular formula is C19H29N3O. The number of hydrogen-bond acceptors (Lipinski definition) is 3. The number of rotatable bonds is 5. The predicted molar refractivity (Wildman–Crippen MR) is 95.7 cm³/mol. The average molecular weight is 315 g/mol. The molecule has 2 aromatic rings. The highest BCUT2D eigenvalue weighted by atomic mass is 16.5. The molecule has 1 saturated heterocycles. The van der Waals surface area contributed by atoms with Gasteiger partial charge in [-0.05, 0) is 50.0 Å². The molecule has 0 amide bonds. The minimum Gasteiger partial charge on any atom is -0.377 e. The van der Waals surface area contributed by atoms with E-state index in [1.807, 2.05) is 7.11 Å². The van der Waals surface area contributed by atoms with Gasteiger partial charge in [-0.15, -0.1) is 0 Å². The zero-order valence-electron chi connectivity index (χ0n) is 14.9. The van der Waals surface area contributed by atoms with Gasteiger partial charge in [0.05, 0.1) is 5.60 Å². The van der Waals surface area contributed by atoms with Gasteiger partial charge in [0.2, 0.25) is 0 Å². The summed E-state index contributed by atoms with van der Waals surface area (Å²) in [6.07, 6.45) is 4.34. The number of likely N-dealkylation sites (tertiary alicyclic amines) is 1. The molecule has 0 unspecified atom stereocenters. The summed E-state index contributed by atoms with van der Waals surface area (Å²) in [5.41, 5.74) is 2.75. The van der Waals surface area contributed by atoms with Crippen LogP contribution in [-0.2, 0) is 18.3 Å². The van der Waals surface area contributed by atoms with Crippen LogP contribution in [0.4, 0.5) is 0 Å². The summed E-state index contributed by atoms with van der Waals surface area (Å²) in [7, 11) is 8.23. The highest BCUT2D eigenvalue weighted by Crippen LogP contribution is 2.27. The van der Waals surface area contributed by atoms with Gasteiger partial charge in [-0.3, -0.25) is 4.90 Å². The fourth-order valence-electron chi connectivity index (χ4n) is 3.79. The van der Waals surface area contributed by atoms with Crippen molar-refractivity contribution < 1.29 is 4.74 Å². The van der Waals surface area contributed by atoms with Crippen LogP contribution in [0.1, 0.15) is 18.4 Å². The zero-order valence-corrected chi connectivity index (χ0v) is 14.9. The molecule has 3 rings (SSSR count). The smallest absolute Gasteiger partial charge is 0.0829 e. The second-order valence-electron chi connectivity index (χ2n) is 7.22. The van der Waals surface area contributed by atoms with E-state index in [2.05, 4.69) is 66.0 Å². The van der Waals surface area contributed by atoms with E-state index in [-0.39, 0.29) is 5.60 Å². The number of nitrogens with zero attached hydrogens (tertiary/aromatic N) is 3. The molecule has 0 N–H and O–H groups in total. The number of hydrogen-bond donors (Lipinski definition) is 0. The highest BCUT2D eigenvalue weighted by Gasteiger charge is 2.34. The molecule has 1 aromatic heterocycles. The van der Waals surface area contributed by atoms with Crippen molar-refractivity contribution >= 4 is 10.9 Å². The Morgan fingerprint density at radius 2 is 1.91 bits per heavy atom. The lowest BCUT2D eigenvalue weighted by Crippen LogP contribution is -2.50. The molecule has 0 spiro atoms. The maximum Gasteiger partial charge on any atom is 0.0829 e. The summed E-state index contributed by atoms with van der Waals surface area (Å²) >= 11 is 0. The van der Waals surface area contributed by atoms with E-state index in [0.717, 1.165) is 39.0 Å². The van der Waals surface area contributed by atoms with Crippen LogP contribution in [0.25, 0.3) is 10.9 Å². The maximum atomic E-state index is 5.88. The first-order valence-electron chi connectivity index (χ1n) is 8.47. The Kier molecular flexibility index (Phi) is 4.76. The summed E-state index contributed by atoms with van der Waals surface area (Å²) in [4.78, 5) is 4.79. The van der Waals surface area contributed by atoms with Gasteiger partial charge in [0.1, 0.15) is 0 Å². The molecule has 0 aliphatic carbocycles. The van der Waals surface area contributed by atoms with Crippen LogP contribution in [0, 0.1) is 0 Å². The number of likely N-dealkylation sites (N-methyl/N-ethyl adjacent to an activating group) is 1. The van der Waals surface area contributed by atoms with Crippen molar-refractivity contribution in [3.63, 3.8) is 0 Å². The lowest BCUT2D eigenvalue weighted by atomic mass is 9.90. The molecule has 0 bridgehead atoms. The van der Waals surface area contributed by atoms with Gasteiger partial charge in [0.15, 0.2) is 0 Å². The Balaban J connectivity index is 1.64. The molecule has 126 valence electrons. The Labute approximate surface area is 139 Å². The van der Waals surface area contributed by atoms with Gasteiger partial charge in [-0.2, -0.15) is 0 Å². The third-order valence-electron chi connectivity index (χ3n) is 5.16. The zero-order chi connectivity index (χ0) is 16.4. The van der Waals surface area contributed by atoms with Gasteiger partial charge in [-0.25, -0.2) is 0 Å². The van der Waals surface area contributed by atoms with Gasteiger partial charge in [0, 0.05) is 52.1 Å². The first kappa shape index (κ1) is 16.5. The van der Waals surface area contributed by atoms with Crippen LogP contribution in [0.3, 0.4) is 0 Å². The third kappa shape index (κ3) is 3.60.